The third-order valence-corrected chi connectivity index (χ3v) is 12.3. The fourth-order valence-electron chi connectivity index (χ4n) is 8.55. The molecule has 0 amide bonds. The largest absolute Gasteiger partial charge is 0.493 e. The van der Waals surface area contributed by atoms with Crippen LogP contribution >= 0.6 is 0 Å². The summed E-state index contributed by atoms with van der Waals surface area (Å²) in [7, 11) is 0. The topological polar surface area (TPSA) is 102 Å². The average molecular weight is 753 g/mol. The highest BCUT2D eigenvalue weighted by atomic mass is 16.5. The lowest BCUT2D eigenvalue weighted by Gasteiger charge is -2.38. The number of esters is 2. The minimum atomic E-state index is -0.640. The summed E-state index contributed by atoms with van der Waals surface area (Å²) >= 11 is 0. The Labute approximate surface area is 328 Å². The highest BCUT2D eigenvalue weighted by molar-refractivity contribution is 5.87. The molecular weight excluding hydrogens is 677 g/mol. The molecule has 0 atom stereocenters. The molecule has 2 aliphatic rings. The first-order valence-corrected chi connectivity index (χ1v) is 21.7. The summed E-state index contributed by atoms with van der Waals surface area (Å²) in [5.41, 5.74) is 3.65. The maximum Gasteiger partial charge on any atom is 0.333 e. The molecule has 0 radical (unpaired) electrons. The normalized spacial score (nSPS) is 20.3. The molecule has 0 bridgehead atoms. The second kappa shape index (κ2) is 24.8. The Morgan fingerprint density at radius 1 is 0.704 bits per heavy atom. The van der Waals surface area contributed by atoms with Gasteiger partial charge in [0, 0.05) is 16.6 Å². The predicted molar refractivity (Wildman–Crippen MR) is 220 cm³/mol. The first-order valence-electron chi connectivity index (χ1n) is 21.7. The summed E-state index contributed by atoms with van der Waals surface area (Å²) in [5, 5.41) is 19.8. The lowest BCUT2D eigenvalue weighted by Crippen LogP contribution is -2.28. The number of carbonyl (C=O) groups is 2. The van der Waals surface area contributed by atoms with E-state index in [2.05, 4.69) is 32.2 Å². The zero-order valence-electron chi connectivity index (χ0n) is 34.7. The molecule has 2 N–H and O–H groups in total. The first kappa shape index (κ1) is 45.7. The van der Waals surface area contributed by atoms with E-state index in [1.807, 2.05) is 6.92 Å². The van der Waals surface area contributed by atoms with Crippen LogP contribution in [0.2, 0.25) is 0 Å². The molecule has 0 heterocycles. The number of aryl methyl sites for hydroxylation is 2. The van der Waals surface area contributed by atoms with E-state index in [0.717, 1.165) is 34.6 Å². The van der Waals surface area contributed by atoms with E-state index in [1.54, 1.807) is 13.8 Å². The zero-order chi connectivity index (χ0) is 39.3. The monoisotopic (exact) mass is 753 g/mol. The summed E-state index contributed by atoms with van der Waals surface area (Å²) in [4.78, 5) is 24.2. The van der Waals surface area contributed by atoms with Crippen LogP contribution in [0.5, 0.6) is 5.75 Å². The molecule has 7 nitrogen and oxygen atoms in total. The van der Waals surface area contributed by atoms with Crippen LogP contribution in [0.25, 0.3) is 0 Å². The Hall–Kier alpha value is -2.64. The van der Waals surface area contributed by atoms with Gasteiger partial charge in [0.25, 0.3) is 0 Å². The molecule has 7 heteroatoms. The van der Waals surface area contributed by atoms with Gasteiger partial charge in [-0.2, -0.15) is 0 Å². The van der Waals surface area contributed by atoms with E-state index in [0.29, 0.717) is 69.0 Å². The predicted octanol–water partition coefficient (Wildman–Crippen LogP) is 10.8. The van der Waals surface area contributed by atoms with Crippen molar-refractivity contribution < 1.29 is 34.0 Å². The second-order valence-corrected chi connectivity index (χ2v) is 17.2. The van der Waals surface area contributed by atoms with Gasteiger partial charge in [-0.15, -0.1) is 0 Å². The SMILES string of the molecule is C=C(C)C(=O)OCCCc1cc(C2CCC(C3CCC(CCCCCCCCC)CC3)CC2)cc(CCCOC(=O)C(=C)C)c1OCCC(C)(CO)CO. The van der Waals surface area contributed by atoms with Crippen LogP contribution in [0.1, 0.15) is 172 Å². The number of rotatable bonds is 26. The molecule has 1 aromatic carbocycles. The summed E-state index contributed by atoms with van der Waals surface area (Å²) < 4.78 is 17.4. The van der Waals surface area contributed by atoms with Crippen molar-refractivity contribution in [3.63, 3.8) is 0 Å². The van der Waals surface area contributed by atoms with E-state index < -0.39 is 5.41 Å². The van der Waals surface area contributed by atoms with Gasteiger partial charge < -0.3 is 24.4 Å². The Balaban J connectivity index is 1.69. The van der Waals surface area contributed by atoms with E-state index in [1.165, 1.54) is 108 Å². The standard InChI is InChI=1S/C47H76O7/c1-7-8-9-10-11-12-13-16-37-19-21-38(22-20-37)39-23-25-40(26-24-39)43-31-41(17-14-28-53-45(50)35(2)3)44(52-30-27-47(6,33-48)34-49)42(32-43)18-15-29-54-46(51)36(4)5/h31-32,37-40,48-49H,2,4,7-30,33-34H2,1,3,5-6H3. The van der Waals surface area contributed by atoms with Gasteiger partial charge in [0.1, 0.15) is 5.75 Å². The lowest BCUT2D eigenvalue weighted by atomic mass is 9.67. The fourth-order valence-corrected chi connectivity index (χ4v) is 8.55. The molecule has 0 aromatic heterocycles. The molecule has 2 aliphatic carbocycles. The van der Waals surface area contributed by atoms with Gasteiger partial charge in [0.15, 0.2) is 0 Å². The zero-order valence-corrected chi connectivity index (χ0v) is 34.7. The molecule has 306 valence electrons. The average Bonchev–Trinajstić information content (AvgIpc) is 3.18. The highest BCUT2D eigenvalue weighted by Crippen LogP contribution is 2.45. The summed E-state index contributed by atoms with van der Waals surface area (Å²) in [5.74, 6) is 3.20. The Morgan fingerprint density at radius 2 is 1.19 bits per heavy atom. The van der Waals surface area contributed by atoms with Crippen molar-refractivity contribution in [3.8, 4) is 5.75 Å². The molecule has 0 spiro atoms. The fraction of sp³-hybridized carbons (Fsp3) is 0.745. The smallest absolute Gasteiger partial charge is 0.333 e. The van der Waals surface area contributed by atoms with Crippen molar-refractivity contribution in [2.24, 2.45) is 23.2 Å². The van der Waals surface area contributed by atoms with Crippen molar-refractivity contribution in [2.45, 2.75) is 168 Å². The lowest BCUT2D eigenvalue weighted by molar-refractivity contribution is -0.139. The van der Waals surface area contributed by atoms with Crippen LogP contribution in [0.15, 0.2) is 36.4 Å². The van der Waals surface area contributed by atoms with Crippen molar-refractivity contribution in [2.75, 3.05) is 33.0 Å². The summed E-state index contributed by atoms with van der Waals surface area (Å²) in [6, 6.07) is 4.63. The number of ether oxygens (including phenoxy) is 3. The third kappa shape index (κ3) is 15.8. The number of hydrogen-bond acceptors (Lipinski definition) is 7. The van der Waals surface area contributed by atoms with Crippen LogP contribution < -0.4 is 4.74 Å². The molecule has 2 fully saturated rings. The molecule has 3 rings (SSSR count). The van der Waals surface area contributed by atoms with Crippen LogP contribution in [0, 0.1) is 23.2 Å². The number of benzene rings is 1. The van der Waals surface area contributed by atoms with Gasteiger partial charge in [0.2, 0.25) is 0 Å². The van der Waals surface area contributed by atoms with E-state index in [9.17, 15) is 19.8 Å². The van der Waals surface area contributed by atoms with Crippen molar-refractivity contribution >= 4 is 11.9 Å². The Bertz CT molecular complexity index is 1230. The minimum Gasteiger partial charge on any atom is -0.493 e. The number of carbonyl (C=O) groups excluding carboxylic acids is 2. The van der Waals surface area contributed by atoms with Gasteiger partial charge in [-0.05, 0) is 125 Å². The van der Waals surface area contributed by atoms with Crippen molar-refractivity contribution in [1.29, 1.82) is 0 Å². The molecule has 0 aliphatic heterocycles. The maximum atomic E-state index is 12.1. The Morgan fingerprint density at radius 3 is 1.67 bits per heavy atom. The van der Waals surface area contributed by atoms with Gasteiger partial charge >= 0.3 is 11.9 Å². The van der Waals surface area contributed by atoms with Crippen LogP contribution in [0.4, 0.5) is 0 Å². The van der Waals surface area contributed by atoms with Gasteiger partial charge in [-0.1, -0.05) is 103 Å². The van der Waals surface area contributed by atoms with Gasteiger partial charge in [0.05, 0.1) is 33.0 Å². The third-order valence-electron chi connectivity index (χ3n) is 12.3. The van der Waals surface area contributed by atoms with E-state index in [-0.39, 0.29) is 25.2 Å². The van der Waals surface area contributed by atoms with E-state index in [4.69, 9.17) is 14.2 Å². The summed E-state index contributed by atoms with van der Waals surface area (Å²) in [6.45, 7) is 15.5. The first-order chi connectivity index (χ1) is 26.0. The molecular formula is C47H76O7. The second-order valence-electron chi connectivity index (χ2n) is 17.2. The van der Waals surface area contributed by atoms with Crippen LogP contribution in [-0.4, -0.2) is 55.2 Å². The molecule has 0 saturated heterocycles. The molecule has 54 heavy (non-hydrogen) atoms. The van der Waals surface area contributed by atoms with Gasteiger partial charge in [-0.25, -0.2) is 9.59 Å². The Kier molecular flexibility index (Phi) is 21.0. The quantitative estimate of drug-likeness (QED) is 0.0552. The van der Waals surface area contributed by atoms with Crippen LogP contribution in [-0.2, 0) is 31.9 Å². The molecule has 2 saturated carbocycles. The van der Waals surface area contributed by atoms with Gasteiger partial charge in [-0.3, -0.25) is 0 Å². The summed E-state index contributed by atoms with van der Waals surface area (Å²) in [6.07, 6.45) is 25.0. The number of aliphatic hydroxyl groups is 2. The van der Waals surface area contributed by atoms with Crippen molar-refractivity contribution in [1.82, 2.24) is 0 Å². The number of hydrogen-bond donors (Lipinski definition) is 2. The molecule has 1 aromatic rings. The highest BCUT2D eigenvalue weighted by Gasteiger charge is 2.32. The minimum absolute atomic E-state index is 0.128. The van der Waals surface area contributed by atoms with Crippen molar-refractivity contribution in [3.05, 3.63) is 53.1 Å². The maximum absolute atomic E-state index is 12.1. The van der Waals surface area contributed by atoms with Crippen LogP contribution in [0.3, 0.4) is 0 Å². The number of aliphatic hydroxyl groups excluding tert-OH is 2. The van der Waals surface area contributed by atoms with E-state index >= 15 is 0 Å². The number of unbranched alkanes of at least 4 members (excludes halogenated alkanes) is 6. The molecule has 0 unspecified atom stereocenters.